The van der Waals surface area contributed by atoms with E-state index in [0.29, 0.717) is 0 Å². The van der Waals surface area contributed by atoms with Crippen molar-refractivity contribution >= 4 is 17.4 Å². The molecule has 0 aromatic carbocycles. The first-order valence-corrected chi connectivity index (χ1v) is 3.54. The largest absolute Gasteiger partial charge is 0.408 e. The Kier molecular flexibility index (Phi) is 2.76. The summed E-state index contributed by atoms with van der Waals surface area (Å²) in [6.45, 7) is -0.701. The molecule has 0 bridgehead atoms. The molecule has 0 N–H and O–H groups in total. The fourth-order valence-electron chi connectivity index (χ4n) is 0.746. The van der Waals surface area contributed by atoms with Crippen LogP contribution < -0.4 is 0 Å². The Morgan fingerprint density at radius 3 is 2.77 bits per heavy atom. The van der Waals surface area contributed by atoms with Gasteiger partial charge in [-0.3, -0.25) is 0 Å². The van der Waals surface area contributed by atoms with Gasteiger partial charge in [0.25, 0.3) is 6.43 Å². The Morgan fingerprint density at radius 1 is 1.77 bits per heavy atom. The SMILES string of the molecule is O=[N+]([O-])c1nn(CC(F)F)cc1Cl. The highest BCUT2D eigenvalue weighted by Crippen LogP contribution is 2.21. The van der Waals surface area contributed by atoms with E-state index in [4.69, 9.17) is 11.6 Å². The fourth-order valence-corrected chi connectivity index (χ4v) is 0.965. The maximum Gasteiger partial charge on any atom is 0.408 e. The predicted molar refractivity (Wildman–Crippen MR) is 39.9 cm³/mol. The normalized spacial score (nSPS) is 10.8. The van der Waals surface area contributed by atoms with Gasteiger partial charge in [-0.05, 0) is 4.92 Å². The van der Waals surface area contributed by atoms with Gasteiger partial charge < -0.3 is 10.1 Å². The molecule has 1 rings (SSSR count). The van der Waals surface area contributed by atoms with Crippen LogP contribution in [0.5, 0.6) is 0 Å². The highest BCUT2D eigenvalue weighted by Gasteiger charge is 2.20. The van der Waals surface area contributed by atoms with Crippen LogP contribution in [0.15, 0.2) is 6.20 Å². The molecule has 0 radical (unpaired) electrons. The molecule has 13 heavy (non-hydrogen) atoms. The van der Waals surface area contributed by atoms with Crippen LogP contribution in [0.4, 0.5) is 14.6 Å². The van der Waals surface area contributed by atoms with Crippen molar-refractivity contribution in [2.24, 2.45) is 0 Å². The van der Waals surface area contributed by atoms with Crippen LogP contribution in [0.3, 0.4) is 0 Å². The third kappa shape index (κ3) is 2.35. The number of hydrogen-bond donors (Lipinski definition) is 0. The number of aromatic nitrogens is 2. The van der Waals surface area contributed by atoms with E-state index in [2.05, 4.69) is 5.10 Å². The summed E-state index contributed by atoms with van der Waals surface area (Å²) < 4.78 is 24.3. The monoisotopic (exact) mass is 211 g/mol. The first kappa shape index (κ1) is 9.85. The van der Waals surface area contributed by atoms with Crippen molar-refractivity contribution in [3.05, 3.63) is 21.3 Å². The topological polar surface area (TPSA) is 61.0 Å². The molecule has 0 aliphatic heterocycles. The number of rotatable bonds is 3. The minimum absolute atomic E-state index is 0.245. The summed E-state index contributed by atoms with van der Waals surface area (Å²) in [6.07, 6.45) is -1.62. The lowest BCUT2D eigenvalue weighted by Gasteiger charge is -1.92. The van der Waals surface area contributed by atoms with Crippen LogP contribution in [0.25, 0.3) is 0 Å². The van der Waals surface area contributed by atoms with Crippen molar-refractivity contribution in [2.45, 2.75) is 13.0 Å². The van der Waals surface area contributed by atoms with Gasteiger partial charge in [-0.2, -0.15) is 4.68 Å². The van der Waals surface area contributed by atoms with E-state index in [1.165, 1.54) is 0 Å². The third-order valence-electron chi connectivity index (χ3n) is 1.20. The second-order valence-electron chi connectivity index (χ2n) is 2.17. The van der Waals surface area contributed by atoms with Crippen LogP contribution >= 0.6 is 11.6 Å². The summed E-state index contributed by atoms with van der Waals surface area (Å²) in [7, 11) is 0. The average Bonchev–Trinajstić information content (AvgIpc) is 2.29. The standard InChI is InChI=1S/C5H4ClF2N3O2/c6-3-1-10(2-4(7)8)9-5(3)11(12)13/h1,4H,2H2. The molecule has 0 saturated heterocycles. The first-order chi connectivity index (χ1) is 6.00. The number of nitro groups is 1. The molecule has 1 aromatic heterocycles. The van der Waals surface area contributed by atoms with Crippen LogP contribution in [-0.2, 0) is 6.54 Å². The van der Waals surface area contributed by atoms with Crippen LogP contribution in [0.1, 0.15) is 0 Å². The zero-order valence-electron chi connectivity index (χ0n) is 6.15. The maximum atomic E-state index is 11.8. The second-order valence-corrected chi connectivity index (χ2v) is 2.58. The van der Waals surface area contributed by atoms with E-state index >= 15 is 0 Å². The molecule has 0 fully saturated rings. The van der Waals surface area contributed by atoms with Gasteiger partial charge in [0.15, 0.2) is 5.02 Å². The minimum atomic E-state index is -2.62. The van der Waals surface area contributed by atoms with Gasteiger partial charge in [-0.15, -0.1) is 0 Å². The molecule has 5 nitrogen and oxygen atoms in total. The van der Waals surface area contributed by atoms with E-state index in [1.807, 2.05) is 0 Å². The van der Waals surface area contributed by atoms with Crippen LogP contribution in [0.2, 0.25) is 5.02 Å². The van der Waals surface area contributed by atoms with Crippen molar-refractivity contribution in [2.75, 3.05) is 0 Å². The van der Waals surface area contributed by atoms with Gasteiger partial charge in [0.2, 0.25) is 0 Å². The number of nitrogens with zero attached hydrogens (tertiary/aromatic N) is 3. The average molecular weight is 212 g/mol. The predicted octanol–water partition coefficient (Wildman–Crippen LogP) is 1.71. The lowest BCUT2D eigenvalue weighted by Crippen LogP contribution is -2.07. The zero-order chi connectivity index (χ0) is 10.0. The van der Waals surface area contributed by atoms with Crippen LogP contribution in [0, 0.1) is 10.1 Å². The fraction of sp³-hybridized carbons (Fsp3) is 0.400. The minimum Gasteiger partial charge on any atom is -0.358 e. The van der Waals surface area contributed by atoms with Gasteiger partial charge >= 0.3 is 5.82 Å². The number of halogens is 3. The molecular weight excluding hydrogens is 208 g/mol. The first-order valence-electron chi connectivity index (χ1n) is 3.16. The van der Waals surface area contributed by atoms with E-state index in [9.17, 15) is 18.9 Å². The third-order valence-corrected chi connectivity index (χ3v) is 1.46. The lowest BCUT2D eigenvalue weighted by molar-refractivity contribution is -0.389. The lowest BCUT2D eigenvalue weighted by atomic mass is 10.6. The molecule has 0 amide bonds. The van der Waals surface area contributed by atoms with E-state index in [0.717, 1.165) is 10.9 Å². The summed E-state index contributed by atoms with van der Waals surface area (Å²) in [4.78, 5) is 9.35. The summed E-state index contributed by atoms with van der Waals surface area (Å²) >= 11 is 5.35. The Hall–Kier alpha value is -1.24. The second kappa shape index (κ2) is 3.65. The smallest absolute Gasteiger partial charge is 0.358 e. The Labute approximate surface area is 76.1 Å². The quantitative estimate of drug-likeness (QED) is 0.565. The van der Waals surface area contributed by atoms with Crippen molar-refractivity contribution in [3.8, 4) is 0 Å². The van der Waals surface area contributed by atoms with E-state index < -0.39 is 23.7 Å². The zero-order valence-corrected chi connectivity index (χ0v) is 6.91. The van der Waals surface area contributed by atoms with Gasteiger partial charge in [0, 0.05) is 0 Å². The van der Waals surface area contributed by atoms with Gasteiger partial charge in [0.05, 0.1) is 11.3 Å². The summed E-state index contributed by atoms with van der Waals surface area (Å²) in [6, 6.07) is 0. The highest BCUT2D eigenvalue weighted by molar-refractivity contribution is 6.32. The van der Waals surface area contributed by atoms with E-state index in [-0.39, 0.29) is 5.02 Å². The summed E-state index contributed by atoms with van der Waals surface area (Å²) in [5.41, 5.74) is 0. The van der Waals surface area contributed by atoms with Gasteiger partial charge in [0.1, 0.15) is 6.54 Å². The maximum absolute atomic E-state index is 11.8. The van der Waals surface area contributed by atoms with Gasteiger partial charge in [-0.25, -0.2) is 8.78 Å². The molecule has 8 heteroatoms. The Morgan fingerprint density at radius 2 is 2.38 bits per heavy atom. The molecular formula is C5H4ClF2N3O2. The van der Waals surface area contributed by atoms with Gasteiger partial charge in [-0.1, -0.05) is 11.6 Å². The number of hydrogen-bond acceptors (Lipinski definition) is 3. The van der Waals surface area contributed by atoms with Crippen molar-refractivity contribution in [1.29, 1.82) is 0 Å². The Bertz CT molecular complexity index is 328. The molecule has 72 valence electrons. The van der Waals surface area contributed by atoms with Crippen molar-refractivity contribution in [3.63, 3.8) is 0 Å². The molecule has 0 atom stereocenters. The van der Waals surface area contributed by atoms with E-state index in [1.54, 1.807) is 0 Å². The molecule has 1 aromatic rings. The summed E-state index contributed by atoms with van der Waals surface area (Å²) in [5, 5.41) is 13.2. The van der Waals surface area contributed by atoms with Crippen LogP contribution in [-0.4, -0.2) is 21.1 Å². The molecule has 0 saturated carbocycles. The molecule has 0 aliphatic carbocycles. The molecule has 1 heterocycles. The number of alkyl halides is 2. The molecule has 0 unspecified atom stereocenters. The highest BCUT2D eigenvalue weighted by atomic mass is 35.5. The molecule has 0 aliphatic rings. The Balaban J connectivity index is 2.89. The van der Waals surface area contributed by atoms with Crippen molar-refractivity contribution in [1.82, 2.24) is 9.78 Å². The van der Waals surface area contributed by atoms with Crippen molar-refractivity contribution < 1.29 is 13.7 Å². The summed E-state index contributed by atoms with van der Waals surface area (Å²) in [5.74, 6) is -0.609. The molecule has 0 spiro atoms.